The maximum absolute atomic E-state index is 14.7. The van der Waals surface area contributed by atoms with E-state index in [1.54, 1.807) is 0 Å². The maximum atomic E-state index is 14.7. The smallest absolute Gasteiger partial charge is 0.298 e. The first-order valence-corrected chi connectivity index (χ1v) is 12.7. The van der Waals surface area contributed by atoms with E-state index in [1.165, 1.54) is 18.3 Å². The van der Waals surface area contributed by atoms with Crippen LogP contribution in [0.3, 0.4) is 0 Å². The molecule has 2 aliphatic rings. The van der Waals surface area contributed by atoms with Gasteiger partial charge in [-0.25, -0.2) is 4.39 Å². The van der Waals surface area contributed by atoms with Gasteiger partial charge in [-0.15, -0.1) is 0 Å². The van der Waals surface area contributed by atoms with Crippen molar-refractivity contribution in [1.82, 2.24) is 15.1 Å². The summed E-state index contributed by atoms with van der Waals surface area (Å²) in [7, 11) is 0. The molecule has 0 spiro atoms. The molecule has 3 heterocycles. The lowest BCUT2D eigenvalue weighted by atomic mass is 10.0. The number of aromatic nitrogens is 2. The molecule has 0 atom stereocenters. The summed E-state index contributed by atoms with van der Waals surface area (Å²) in [6.45, 7) is 6.09. The number of aliphatic hydroxyl groups is 1. The van der Waals surface area contributed by atoms with Crippen LogP contribution in [0.15, 0.2) is 42.6 Å². The Balaban J connectivity index is 0.00000164. The van der Waals surface area contributed by atoms with Crippen molar-refractivity contribution in [2.75, 3.05) is 56.2 Å². The third-order valence-corrected chi connectivity index (χ3v) is 6.71. The summed E-state index contributed by atoms with van der Waals surface area (Å²) in [5, 5.41) is 20.9. The molecule has 0 radical (unpaired) electrons. The van der Waals surface area contributed by atoms with Gasteiger partial charge in [0.15, 0.2) is 0 Å². The first-order chi connectivity index (χ1) is 18.4. The zero-order valence-corrected chi connectivity index (χ0v) is 21.5. The van der Waals surface area contributed by atoms with E-state index in [4.69, 9.17) is 9.84 Å². The number of anilines is 2. The van der Waals surface area contributed by atoms with Gasteiger partial charge < -0.3 is 25.0 Å². The molecule has 8 nitrogen and oxygen atoms in total. The van der Waals surface area contributed by atoms with Crippen molar-refractivity contribution in [3.63, 3.8) is 0 Å². The third kappa shape index (κ3) is 5.68. The average molecular weight is 532 g/mol. The SMILES string of the molecule is CC.O=C(C1COC1)N1CCN(c2ccc3nncc(NCc4cccc(C(F)(F)CO)c4F)c3c2)CC1. The van der Waals surface area contributed by atoms with Crippen molar-refractivity contribution in [1.29, 1.82) is 0 Å². The lowest BCUT2D eigenvalue weighted by molar-refractivity contribution is -0.150. The Morgan fingerprint density at radius 3 is 2.55 bits per heavy atom. The topological polar surface area (TPSA) is 90.8 Å². The molecule has 2 fully saturated rings. The molecule has 0 bridgehead atoms. The molecule has 2 aliphatic heterocycles. The molecular weight excluding hydrogens is 499 g/mol. The summed E-state index contributed by atoms with van der Waals surface area (Å²) in [4.78, 5) is 16.5. The number of alkyl halides is 2. The van der Waals surface area contributed by atoms with Crippen LogP contribution in [-0.4, -0.2) is 72.1 Å². The molecule has 5 rings (SSSR count). The van der Waals surface area contributed by atoms with Gasteiger partial charge in [-0.05, 0) is 24.3 Å². The number of carbonyl (C=O) groups excluding carboxylic acids is 1. The maximum Gasteiger partial charge on any atom is 0.298 e. The molecular formula is C27H32F3N5O3. The van der Waals surface area contributed by atoms with Crippen LogP contribution in [0, 0.1) is 11.7 Å². The molecule has 3 aromatic rings. The Kier molecular flexibility index (Phi) is 8.68. The third-order valence-electron chi connectivity index (χ3n) is 6.71. The fraction of sp³-hybridized carbons (Fsp3) is 0.444. The number of piperazine rings is 1. The zero-order valence-electron chi connectivity index (χ0n) is 21.5. The van der Waals surface area contributed by atoms with E-state index in [1.807, 2.05) is 36.9 Å². The molecule has 2 aromatic carbocycles. The molecule has 0 saturated carbocycles. The number of hydrogen-bond acceptors (Lipinski definition) is 7. The lowest BCUT2D eigenvalue weighted by Gasteiger charge is -2.39. The van der Waals surface area contributed by atoms with Crippen molar-refractivity contribution in [2.45, 2.75) is 26.3 Å². The van der Waals surface area contributed by atoms with E-state index in [0.717, 1.165) is 17.1 Å². The van der Waals surface area contributed by atoms with Gasteiger partial charge in [0.25, 0.3) is 5.92 Å². The number of nitrogens with zero attached hydrogens (tertiary/aromatic N) is 4. The Morgan fingerprint density at radius 1 is 1.16 bits per heavy atom. The normalized spacial score (nSPS) is 16.1. The van der Waals surface area contributed by atoms with E-state index in [2.05, 4.69) is 20.4 Å². The minimum absolute atomic E-state index is 0.0233. The summed E-state index contributed by atoms with van der Waals surface area (Å²) >= 11 is 0. The van der Waals surface area contributed by atoms with E-state index in [9.17, 15) is 18.0 Å². The highest BCUT2D eigenvalue weighted by Gasteiger charge is 2.34. The minimum atomic E-state index is -3.67. The largest absolute Gasteiger partial charge is 0.390 e. The van der Waals surface area contributed by atoms with Gasteiger partial charge in [-0.1, -0.05) is 26.0 Å². The Hall–Kier alpha value is -3.44. The molecule has 1 aromatic heterocycles. The molecule has 0 unspecified atom stereocenters. The molecule has 2 saturated heterocycles. The van der Waals surface area contributed by atoms with E-state index >= 15 is 0 Å². The first kappa shape index (κ1) is 27.6. The van der Waals surface area contributed by atoms with Crippen molar-refractivity contribution >= 4 is 28.2 Å². The van der Waals surface area contributed by atoms with Crippen LogP contribution in [0.5, 0.6) is 0 Å². The molecule has 38 heavy (non-hydrogen) atoms. The van der Waals surface area contributed by atoms with Crippen molar-refractivity contribution in [2.24, 2.45) is 5.92 Å². The summed E-state index contributed by atoms with van der Waals surface area (Å²) in [6.07, 6.45) is 1.51. The number of aliphatic hydroxyl groups excluding tert-OH is 1. The number of carbonyl (C=O) groups is 1. The molecule has 1 amide bonds. The number of rotatable bonds is 7. The van der Waals surface area contributed by atoms with Crippen LogP contribution in [0.25, 0.3) is 10.9 Å². The molecule has 11 heteroatoms. The highest BCUT2D eigenvalue weighted by atomic mass is 19.3. The Bertz CT molecular complexity index is 1260. The van der Waals surface area contributed by atoms with Crippen LogP contribution in [-0.2, 0) is 22.0 Å². The fourth-order valence-electron chi connectivity index (χ4n) is 4.48. The second-order valence-electron chi connectivity index (χ2n) is 9.00. The van der Waals surface area contributed by atoms with Gasteiger partial charge in [0, 0.05) is 49.4 Å². The van der Waals surface area contributed by atoms with Crippen LogP contribution >= 0.6 is 0 Å². The van der Waals surface area contributed by atoms with Crippen molar-refractivity contribution in [3.05, 3.63) is 59.5 Å². The number of nitrogens with one attached hydrogen (secondary N) is 1. The summed E-state index contributed by atoms with van der Waals surface area (Å²) < 4.78 is 47.6. The monoisotopic (exact) mass is 531 g/mol. The van der Waals surface area contributed by atoms with Crippen molar-refractivity contribution in [3.8, 4) is 0 Å². The number of ether oxygens (including phenoxy) is 1. The highest BCUT2D eigenvalue weighted by Crippen LogP contribution is 2.32. The molecule has 204 valence electrons. The first-order valence-electron chi connectivity index (χ1n) is 12.7. The van der Waals surface area contributed by atoms with E-state index in [-0.39, 0.29) is 23.9 Å². The van der Waals surface area contributed by atoms with Gasteiger partial charge in [-0.2, -0.15) is 19.0 Å². The number of halogens is 3. The molecule has 0 aliphatic carbocycles. The molecule has 2 N–H and O–H groups in total. The van der Waals surface area contributed by atoms with Crippen LogP contribution < -0.4 is 10.2 Å². The lowest BCUT2D eigenvalue weighted by Crippen LogP contribution is -2.53. The van der Waals surface area contributed by atoms with Crippen LogP contribution in [0.2, 0.25) is 0 Å². The summed E-state index contributed by atoms with van der Waals surface area (Å²) in [5.74, 6) is -4.60. The van der Waals surface area contributed by atoms with Gasteiger partial charge in [0.1, 0.15) is 12.4 Å². The number of hydrogen-bond donors (Lipinski definition) is 2. The average Bonchev–Trinajstić information content (AvgIpc) is 2.92. The quantitative estimate of drug-likeness (QED) is 0.480. The predicted molar refractivity (Wildman–Crippen MR) is 139 cm³/mol. The van der Waals surface area contributed by atoms with Crippen molar-refractivity contribution < 1.29 is 27.8 Å². The fourth-order valence-corrected chi connectivity index (χ4v) is 4.48. The Labute approximate surface area is 219 Å². The number of amides is 1. The van der Waals surface area contributed by atoms with E-state index < -0.39 is 23.9 Å². The van der Waals surface area contributed by atoms with E-state index in [0.29, 0.717) is 50.6 Å². The minimum Gasteiger partial charge on any atom is -0.390 e. The van der Waals surface area contributed by atoms with Crippen LogP contribution in [0.4, 0.5) is 24.5 Å². The Morgan fingerprint density at radius 2 is 1.89 bits per heavy atom. The van der Waals surface area contributed by atoms with Gasteiger partial charge in [-0.3, -0.25) is 4.79 Å². The van der Waals surface area contributed by atoms with Crippen LogP contribution in [0.1, 0.15) is 25.0 Å². The van der Waals surface area contributed by atoms with Gasteiger partial charge >= 0.3 is 0 Å². The highest BCUT2D eigenvalue weighted by molar-refractivity contribution is 5.93. The summed E-state index contributed by atoms with van der Waals surface area (Å²) in [6, 6.07) is 9.46. The zero-order chi connectivity index (χ0) is 27.3. The van der Waals surface area contributed by atoms with Gasteiger partial charge in [0.2, 0.25) is 5.91 Å². The van der Waals surface area contributed by atoms with Gasteiger partial charge in [0.05, 0.1) is 42.1 Å². The number of fused-ring (bicyclic) bond motifs is 1. The summed E-state index contributed by atoms with van der Waals surface area (Å²) in [5.41, 5.74) is 1.36. The predicted octanol–water partition coefficient (Wildman–Crippen LogP) is 3.79. The standard InChI is InChI=1S/C25H26F3N5O3.C2H6/c26-23-16(2-1-3-20(23)25(27,28)15-34)11-29-22-12-30-31-21-5-4-18(10-19(21)22)32-6-8-33(9-7-32)24(35)17-13-36-14-17;1-2/h1-5,10,12,17,34H,6-9,11,13-15H2,(H,29,31);1-2H3. The second kappa shape index (κ2) is 12.0. The number of benzene rings is 2. The second-order valence-corrected chi connectivity index (χ2v) is 9.00.